The Labute approximate surface area is 212 Å². The van der Waals surface area contributed by atoms with Crippen LogP contribution in [0.2, 0.25) is 0 Å². The number of piperidine rings is 1. The molecule has 2 aliphatic rings. The SMILES string of the molecule is COc1nccc(C)c1N1CCC(N2Cc3cn(C)nc3N(Cc3ncccc3C(F)(F)F)C2=O)CC1. The quantitative estimate of drug-likeness (QED) is 0.508. The number of pyridine rings is 2. The van der Waals surface area contributed by atoms with Crippen molar-refractivity contribution in [2.45, 2.75) is 45.1 Å². The van der Waals surface area contributed by atoms with Crippen molar-refractivity contribution in [3.05, 3.63) is 59.2 Å². The van der Waals surface area contributed by atoms with Gasteiger partial charge in [-0.05, 0) is 43.5 Å². The van der Waals surface area contributed by atoms with Crippen molar-refractivity contribution in [3.8, 4) is 5.88 Å². The van der Waals surface area contributed by atoms with E-state index in [-0.39, 0.29) is 24.3 Å². The number of hydrogen-bond donors (Lipinski definition) is 0. The molecule has 0 saturated carbocycles. The molecular formula is C25H28F3N7O2. The number of ether oxygens (including phenoxy) is 1. The van der Waals surface area contributed by atoms with Crippen LogP contribution in [0.25, 0.3) is 0 Å². The molecule has 5 heterocycles. The van der Waals surface area contributed by atoms with E-state index in [0.29, 0.717) is 44.2 Å². The largest absolute Gasteiger partial charge is 0.480 e. The van der Waals surface area contributed by atoms with Gasteiger partial charge in [-0.15, -0.1) is 0 Å². The van der Waals surface area contributed by atoms with E-state index in [1.807, 2.05) is 19.2 Å². The number of amides is 2. The molecule has 3 aromatic heterocycles. The molecule has 12 heteroatoms. The zero-order chi connectivity index (χ0) is 26.3. The number of rotatable bonds is 5. The van der Waals surface area contributed by atoms with Gasteiger partial charge in [0.05, 0.1) is 31.5 Å². The van der Waals surface area contributed by atoms with Crippen LogP contribution in [0.3, 0.4) is 0 Å². The lowest BCUT2D eigenvalue weighted by molar-refractivity contribution is -0.138. The number of urea groups is 1. The lowest BCUT2D eigenvalue weighted by Crippen LogP contribution is -2.54. The van der Waals surface area contributed by atoms with E-state index in [1.54, 1.807) is 29.9 Å². The summed E-state index contributed by atoms with van der Waals surface area (Å²) in [6.45, 7) is 3.42. The van der Waals surface area contributed by atoms with Gasteiger partial charge in [-0.3, -0.25) is 14.6 Å². The Morgan fingerprint density at radius 1 is 1.14 bits per heavy atom. The summed E-state index contributed by atoms with van der Waals surface area (Å²) < 4.78 is 48.0. The maximum Gasteiger partial charge on any atom is 0.418 e. The fourth-order valence-corrected chi connectivity index (χ4v) is 5.22. The van der Waals surface area contributed by atoms with Crippen molar-refractivity contribution in [3.63, 3.8) is 0 Å². The molecule has 0 aliphatic carbocycles. The first-order chi connectivity index (χ1) is 17.7. The molecule has 0 atom stereocenters. The number of fused-ring (bicyclic) bond motifs is 1. The van der Waals surface area contributed by atoms with E-state index in [0.717, 1.165) is 22.9 Å². The summed E-state index contributed by atoms with van der Waals surface area (Å²) in [7, 11) is 3.33. The molecule has 1 saturated heterocycles. The van der Waals surface area contributed by atoms with Gasteiger partial charge in [0, 0.05) is 50.3 Å². The molecule has 2 amide bonds. The van der Waals surface area contributed by atoms with E-state index in [2.05, 4.69) is 20.0 Å². The second-order valence-electron chi connectivity index (χ2n) is 9.35. The molecule has 37 heavy (non-hydrogen) atoms. The first-order valence-corrected chi connectivity index (χ1v) is 12.0. The molecule has 0 unspecified atom stereocenters. The number of aryl methyl sites for hydroxylation is 2. The van der Waals surface area contributed by atoms with E-state index >= 15 is 0 Å². The molecule has 0 N–H and O–H groups in total. The van der Waals surface area contributed by atoms with Gasteiger partial charge in [-0.1, -0.05) is 0 Å². The lowest BCUT2D eigenvalue weighted by atomic mass is 10.0. The summed E-state index contributed by atoms with van der Waals surface area (Å²) in [5.74, 6) is 0.935. The van der Waals surface area contributed by atoms with Crippen LogP contribution in [0, 0.1) is 6.92 Å². The molecule has 0 radical (unpaired) electrons. The average molecular weight is 516 g/mol. The molecule has 0 bridgehead atoms. The van der Waals surface area contributed by atoms with E-state index < -0.39 is 11.7 Å². The van der Waals surface area contributed by atoms with Gasteiger partial charge in [0.1, 0.15) is 5.69 Å². The summed E-state index contributed by atoms with van der Waals surface area (Å²) in [5, 5.41) is 4.39. The average Bonchev–Trinajstić information content (AvgIpc) is 3.25. The van der Waals surface area contributed by atoms with Crippen molar-refractivity contribution >= 4 is 17.5 Å². The minimum atomic E-state index is -4.58. The third-order valence-corrected chi connectivity index (χ3v) is 6.97. The Balaban J connectivity index is 1.39. The van der Waals surface area contributed by atoms with Gasteiger partial charge in [0.15, 0.2) is 5.82 Å². The van der Waals surface area contributed by atoms with Gasteiger partial charge in [-0.2, -0.15) is 18.3 Å². The van der Waals surface area contributed by atoms with Crippen LogP contribution < -0.4 is 14.5 Å². The maximum atomic E-state index is 13.7. The van der Waals surface area contributed by atoms with E-state index in [1.165, 1.54) is 17.2 Å². The number of carbonyl (C=O) groups is 1. The van der Waals surface area contributed by atoms with Crippen LogP contribution in [0.1, 0.15) is 35.2 Å². The summed E-state index contributed by atoms with van der Waals surface area (Å²) in [4.78, 5) is 27.3. The van der Waals surface area contributed by atoms with Gasteiger partial charge in [0.25, 0.3) is 0 Å². The number of aromatic nitrogens is 4. The van der Waals surface area contributed by atoms with Gasteiger partial charge in [0.2, 0.25) is 5.88 Å². The summed E-state index contributed by atoms with van der Waals surface area (Å²) in [6.07, 6.45) is 1.65. The standard InChI is InChI=1S/C25H28F3N7O2/c1-16-6-10-30-23(37-3)21(16)33-11-7-18(8-12-33)34-14-17-13-32(2)31-22(17)35(24(34)36)15-20-19(25(26,27)28)5-4-9-29-20/h4-6,9-10,13,18H,7-8,11-12,14-15H2,1-3H3. The Kier molecular flexibility index (Phi) is 6.42. The summed E-state index contributed by atoms with van der Waals surface area (Å²) >= 11 is 0. The minimum absolute atomic E-state index is 0.0756. The highest BCUT2D eigenvalue weighted by atomic mass is 19.4. The Hall–Kier alpha value is -3.83. The minimum Gasteiger partial charge on any atom is -0.480 e. The van der Waals surface area contributed by atoms with E-state index in [4.69, 9.17) is 4.74 Å². The summed E-state index contributed by atoms with van der Waals surface area (Å²) in [5.41, 5.74) is 1.72. The first kappa shape index (κ1) is 24.8. The zero-order valence-corrected chi connectivity index (χ0v) is 20.9. The number of anilines is 2. The van der Waals surface area contributed by atoms with Crippen molar-refractivity contribution in [2.75, 3.05) is 30.0 Å². The number of nitrogens with zero attached hydrogens (tertiary/aromatic N) is 7. The highest BCUT2D eigenvalue weighted by Gasteiger charge is 2.40. The molecule has 3 aromatic rings. The topological polar surface area (TPSA) is 79.6 Å². The van der Waals surface area contributed by atoms with Gasteiger partial charge < -0.3 is 14.5 Å². The third kappa shape index (κ3) is 4.67. The predicted molar refractivity (Wildman–Crippen MR) is 130 cm³/mol. The number of alkyl halides is 3. The van der Waals surface area contributed by atoms with Crippen molar-refractivity contribution in [1.82, 2.24) is 24.6 Å². The van der Waals surface area contributed by atoms with Crippen molar-refractivity contribution in [1.29, 1.82) is 0 Å². The van der Waals surface area contributed by atoms with Crippen LogP contribution in [-0.2, 0) is 26.3 Å². The molecule has 0 aromatic carbocycles. The maximum absolute atomic E-state index is 13.7. The van der Waals surface area contributed by atoms with E-state index in [9.17, 15) is 18.0 Å². The van der Waals surface area contributed by atoms with Crippen LogP contribution in [0.15, 0.2) is 36.8 Å². The molecular weight excluding hydrogens is 487 g/mol. The number of methoxy groups -OCH3 is 1. The first-order valence-electron chi connectivity index (χ1n) is 12.0. The van der Waals surface area contributed by atoms with Gasteiger partial charge >= 0.3 is 12.2 Å². The monoisotopic (exact) mass is 515 g/mol. The Morgan fingerprint density at radius 3 is 2.59 bits per heavy atom. The van der Waals surface area contributed by atoms with Crippen LogP contribution in [-0.4, -0.2) is 56.9 Å². The second kappa shape index (κ2) is 9.56. The van der Waals surface area contributed by atoms with Crippen LogP contribution >= 0.6 is 0 Å². The molecule has 5 rings (SSSR count). The van der Waals surface area contributed by atoms with Crippen molar-refractivity contribution < 1.29 is 22.7 Å². The zero-order valence-electron chi connectivity index (χ0n) is 20.9. The molecule has 196 valence electrons. The second-order valence-corrected chi connectivity index (χ2v) is 9.35. The van der Waals surface area contributed by atoms with Gasteiger partial charge in [-0.25, -0.2) is 9.78 Å². The fourth-order valence-electron chi connectivity index (χ4n) is 5.22. The highest BCUT2D eigenvalue weighted by Crippen LogP contribution is 2.37. The predicted octanol–water partition coefficient (Wildman–Crippen LogP) is 4.16. The Morgan fingerprint density at radius 2 is 1.89 bits per heavy atom. The van der Waals surface area contributed by atoms with Crippen LogP contribution in [0.5, 0.6) is 5.88 Å². The molecule has 1 fully saturated rings. The third-order valence-electron chi connectivity index (χ3n) is 6.97. The lowest BCUT2D eigenvalue weighted by Gasteiger charge is -2.43. The molecule has 9 nitrogen and oxygen atoms in total. The van der Waals surface area contributed by atoms with Crippen LogP contribution in [0.4, 0.5) is 29.5 Å². The number of halogens is 3. The molecule has 2 aliphatic heterocycles. The summed E-state index contributed by atoms with van der Waals surface area (Å²) in [6, 6.07) is 3.73. The van der Waals surface area contributed by atoms with Crippen molar-refractivity contribution in [2.24, 2.45) is 7.05 Å². The molecule has 0 spiro atoms. The number of carbonyl (C=O) groups excluding carboxylic acids is 1. The number of hydrogen-bond acceptors (Lipinski definition) is 6. The highest BCUT2D eigenvalue weighted by molar-refractivity contribution is 5.93. The normalized spacial score (nSPS) is 16.8. The smallest absolute Gasteiger partial charge is 0.418 e. The Bertz CT molecular complexity index is 1300. The fraction of sp³-hybridized carbons (Fsp3) is 0.440.